The van der Waals surface area contributed by atoms with Gasteiger partial charge in [0.1, 0.15) is 0 Å². The van der Waals surface area contributed by atoms with Crippen molar-refractivity contribution < 1.29 is 8.42 Å². The van der Waals surface area contributed by atoms with Crippen molar-refractivity contribution in [2.45, 2.75) is 41.0 Å². The first-order valence-corrected chi connectivity index (χ1v) is 7.28. The van der Waals surface area contributed by atoms with E-state index in [0.717, 1.165) is 11.3 Å². The van der Waals surface area contributed by atoms with Crippen molar-refractivity contribution in [2.75, 3.05) is 10.5 Å². The Labute approximate surface area is 103 Å². The summed E-state index contributed by atoms with van der Waals surface area (Å²) in [5.41, 5.74) is 1.72. The fourth-order valence-corrected chi connectivity index (χ4v) is 2.70. The molecule has 2 N–H and O–H groups in total. The third-order valence-electron chi connectivity index (χ3n) is 2.63. The minimum Gasteiger partial charge on any atom is -0.280 e. The van der Waals surface area contributed by atoms with E-state index >= 15 is 0 Å². The molecule has 0 saturated heterocycles. The predicted octanol–water partition coefficient (Wildman–Crippen LogP) is 2.20. The van der Waals surface area contributed by atoms with E-state index in [9.17, 15) is 8.42 Å². The minimum atomic E-state index is -3.31. The highest BCUT2D eigenvalue weighted by Crippen LogP contribution is 2.21. The van der Waals surface area contributed by atoms with E-state index in [1.54, 1.807) is 0 Å². The molecule has 0 bridgehead atoms. The van der Waals surface area contributed by atoms with E-state index in [1.807, 2.05) is 34.6 Å². The number of hydrogen-bond donors (Lipinski definition) is 2. The smallest absolute Gasteiger partial charge is 0.233 e. The van der Waals surface area contributed by atoms with E-state index in [1.165, 1.54) is 0 Å². The van der Waals surface area contributed by atoms with E-state index in [-0.39, 0.29) is 11.2 Å². The van der Waals surface area contributed by atoms with Gasteiger partial charge in [0.25, 0.3) is 0 Å². The lowest BCUT2D eigenvalue weighted by molar-refractivity contribution is 0.397. The quantitative estimate of drug-likeness (QED) is 0.870. The molecule has 0 unspecified atom stereocenters. The summed E-state index contributed by atoms with van der Waals surface area (Å²) in [6.45, 7) is 9.75. The van der Waals surface area contributed by atoms with Crippen LogP contribution in [-0.4, -0.2) is 24.4 Å². The molecular formula is C11H21N3O2S. The van der Waals surface area contributed by atoms with Gasteiger partial charge in [0.15, 0.2) is 5.82 Å². The third-order valence-corrected chi connectivity index (χ3v) is 3.87. The molecule has 0 fully saturated rings. The van der Waals surface area contributed by atoms with Crippen LogP contribution in [0.1, 0.15) is 38.4 Å². The van der Waals surface area contributed by atoms with Crippen LogP contribution in [0, 0.1) is 19.3 Å². The number of H-pyrrole nitrogens is 1. The molecule has 0 aliphatic carbocycles. The van der Waals surface area contributed by atoms with Gasteiger partial charge in [0.2, 0.25) is 10.0 Å². The number of aromatic nitrogens is 2. The predicted molar refractivity (Wildman–Crippen MR) is 69.5 cm³/mol. The summed E-state index contributed by atoms with van der Waals surface area (Å²) in [6.07, 6.45) is 0.616. The summed E-state index contributed by atoms with van der Waals surface area (Å²) in [5.74, 6) is 0.512. The van der Waals surface area contributed by atoms with Crippen LogP contribution in [0.5, 0.6) is 0 Å². The molecule has 0 aliphatic heterocycles. The first kappa shape index (κ1) is 14.0. The number of sulfonamides is 1. The third kappa shape index (κ3) is 4.38. The van der Waals surface area contributed by atoms with E-state index in [2.05, 4.69) is 14.9 Å². The SMILES string of the molecule is Cc1[nH]nc(NS(=O)(=O)CCC(C)(C)C)c1C. The molecule has 17 heavy (non-hydrogen) atoms. The first-order chi connectivity index (χ1) is 7.61. The zero-order chi connectivity index (χ0) is 13.3. The maximum Gasteiger partial charge on any atom is 0.233 e. The van der Waals surface area contributed by atoms with Crippen molar-refractivity contribution >= 4 is 15.8 Å². The van der Waals surface area contributed by atoms with Crippen molar-refractivity contribution in [3.63, 3.8) is 0 Å². The van der Waals surface area contributed by atoms with Gasteiger partial charge in [-0.05, 0) is 25.7 Å². The van der Waals surface area contributed by atoms with Crippen molar-refractivity contribution in [1.82, 2.24) is 10.2 Å². The Morgan fingerprint density at radius 1 is 1.29 bits per heavy atom. The van der Waals surface area contributed by atoms with E-state index in [4.69, 9.17) is 0 Å². The Balaban J connectivity index is 2.71. The lowest BCUT2D eigenvalue weighted by Crippen LogP contribution is -2.21. The summed E-state index contributed by atoms with van der Waals surface area (Å²) in [6, 6.07) is 0. The molecule has 6 heteroatoms. The van der Waals surface area contributed by atoms with E-state index < -0.39 is 10.0 Å². The van der Waals surface area contributed by atoms with Gasteiger partial charge in [-0.2, -0.15) is 5.10 Å². The Morgan fingerprint density at radius 3 is 2.29 bits per heavy atom. The summed E-state index contributed by atoms with van der Waals surface area (Å²) in [7, 11) is -3.31. The molecule has 1 aromatic heterocycles. The van der Waals surface area contributed by atoms with Gasteiger partial charge in [-0.3, -0.25) is 9.82 Å². The monoisotopic (exact) mass is 259 g/mol. The normalized spacial score (nSPS) is 12.8. The molecule has 0 aromatic carbocycles. The lowest BCUT2D eigenvalue weighted by Gasteiger charge is -2.17. The average Bonchev–Trinajstić information content (AvgIpc) is 2.46. The van der Waals surface area contributed by atoms with Gasteiger partial charge in [-0.1, -0.05) is 20.8 Å². The fraction of sp³-hybridized carbons (Fsp3) is 0.727. The second-order valence-corrected chi connectivity index (χ2v) is 7.40. The summed E-state index contributed by atoms with van der Waals surface area (Å²) < 4.78 is 26.2. The van der Waals surface area contributed by atoms with Crippen LogP contribution in [0.25, 0.3) is 0 Å². The number of nitrogens with zero attached hydrogens (tertiary/aromatic N) is 1. The Hall–Kier alpha value is -1.04. The molecule has 0 radical (unpaired) electrons. The van der Waals surface area contributed by atoms with Gasteiger partial charge in [-0.15, -0.1) is 0 Å². The number of aromatic amines is 1. The molecule has 0 saturated carbocycles. The number of hydrogen-bond acceptors (Lipinski definition) is 3. The van der Waals surface area contributed by atoms with Crippen molar-refractivity contribution in [3.8, 4) is 0 Å². The number of nitrogens with one attached hydrogen (secondary N) is 2. The second-order valence-electron chi connectivity index (χ2n) is 5.55. The number of rotatable bonds is 4. The molecule has 1 aromatic rings. The molecule has 1 rings (SSSR count). The second kappa shape index (κ2) is 4.68. The number of anilines is 1. The molecule has 5 nitrogen and oxygen atoms in total. The summed E-state index contributed by atoms with van der Waals surface area (Å²) in [5, 5.41) is 6.68. The zero-order valence-electron chi connectivity index (χ0n) is 11.1. The molecular weight excluding hydrogens is 238 g/mol. The van der Waals surface area contributed by atoms with Crippen LogP contribution >= 0.6 is 0 Å². The maximum atomic E-state index is 11.8. The largest absolute Gasteiger partial charge is 0.280 e. The average molecular weight is 259 g/mol. The highest BCUT2D eigenvalue weighted by atomic mass is 32.2. The Kier molecular flexibility index (Phi) is 3.86. The zero-order valence-corrected chi connectivity index (χ0v) is 11.9. The van der Waals surface area contributed by atoms with Gasteiger partial charge in [-0.25, -0.2) is 8.42 Å². The minimum absolute atomic E-state index is 0.00524. The van der Waals surface area contributed by atoms with E-state index in [0.29, 0.717) is 12.2 Å². The van der Waals surface area contributed by atoms with Crippen molar-refractivity contribution in [1.29, 1.82) is 0 Å². The fourth-order valence-electron chi connectivity index (χ4n) is 1.22. The lowest BCUT2D eigenvalue weighted by atomic mass is 9.94. The van der Waals surface area contributed by atoms with Crippen LogP contribution in [0.3, 0.4) is 0 Å². The topological polar surface area (TPSA) is 74.8 Å². The number of aryl methyl sites for hydroxylation is 1. The van der Waals surface area contributed by atoms with Gasteiger partial charge in [0.05, 0.1) is 5.75 Å². The maximum absolute atomic E-state index is 11.8. The van der Waals surface area contributed by atoms with Gasteiger partial charge < -0.3 is 0 Å². The van der Waals surface area contributed by atoms with Crippen LogP contribution in [0.4, 0.5) is 5.82 Å². The Morgan fingerprint density at radius 2 is 1.88 bits per heavy atom. The standard InChI is InChI=1S/C11H21N3O2S/c1-8-9(2)12-13-10(8)14-17(15,16)7-6-11(3,4)5/h6-7H2,1-5H3,(H2,12,13,14). The molecule has 1 heterocycles. The highest BCUT2D eigenvalue weighted by Gasteiger charge is 2.19. The molecule has 0 atom stereocenters. The first-order valence-electron chi connectivity index (χ1n) is 5.63. The molecule has 0 aliphatic rings. The van der Waals surface area contributed by atoms with Gasteiger partial charge in [0, 0.05) is 11.3 Å². The van der Waals surface area contributed by atoms with Gasteiger partial charge >= 0.3 is 0 Å². The molecule has 0 spiro atoms. The summed E-state index contributed by atoms with van der Waals surface area (Å²) in [4.78, 5) is 0. The van der Waals surface area contributed by atoms with Crippen molar-refractivity contribution in [2.24, 2.45) is 5.41 Å². The summed E-state index contributed by atoms with van der Waals surface area (Å²) >= 11 is 0. The highest BCUT2D eigenvalue weighted by molar-refractivity contribution is 7.92. The van der Waals surface area contributed by atoms with Crippen LogP contribution < -0.4 is 4.72 Å². The van der Waals surface area contributed by atoms with Crippen molar-refractivity contribution in [3.05, 3.63) is 11.3 Å². The molecule has 0 amide bonds. The van der Waals surface area contributed by atoms with Crippen LogP contribution in [0.2, 0.25) is 0 Å². The van der Waals surface area contributed by atoms with Crippen LogP contribution in [0.15, 0.2) is 0 Å². The van der Waals surface area contributed by atoms with Crippen LogP contribution in [-0.2, 0) is 10.0 Å². The Bertz CT molecular complexity index is 483. The molecule has 98 valence electrons.